The van der Waals surface area contributed by atoms with Gasteiger partial charge in [-0.1, -0.05) is 23.7 Å². The van der Waals surface area contributed by atoms with Gasteiger partial charge in [-0.25, -0.2) is 0 Å². The number of halogens is 4. The molecule has 0 aliphatic heterocycles. The first-order valence-corrected chi connectivity index (χ1v) is 9.11. The summed E-state index contributed by atoms with van der Waals surface area (Å²) in [6, 6.07) is 9.53. The van der Waals surface area contributed by atoms with Crippen LogP contribution in [0.1, 0.15) is 24.0 Å². The molecule has 0 bridgehead atoms. The average molecular weight is 443 g/mol. The van der Waals surface area contributed by atoms with Gasteiger partial charge in [0.05, 0.1) is 22.7 Å². The van der Waals surface area contributed by atoms with E-state index in [0.717, 1.165) is 17.7 Å². The summed E-state index contributed by atoms with van der Waals surface area (Å²) in [5.41, 5.74) is 0.300. The van der Waals surface area contributed by atoms with E-state index in [4.69, 9.17) is 16.3 Å². The molecule has 0 fully saturated rings. The highest BCUT2D eigenvalue weighted by atomic mass is 35.5. The van der Waals surface area contributed by atoms with E-state index in [9.17, 15) is 27.6 Å². The van der Waals surface area contributed by atoms with E-state index in [-0.39, 0.29) is 23.6 Å². The Kier molecular flexibility index (Phi) is 7.82. The number of carbonyl (C=O) groups excluding carboxylic acids is 3. The van der Waals surface area contributed by atoms with Crippen molar-refractivity contribution in [3.63, 3.8) is 0 Å². The number of aryl methyl sites for hydroxylation is 1. The molecule has 0 atom stereocenters. The first-order chi connectivity index (χ1) is 14.0. The molecule has 2 rings (SSSR count). The van der Waals surface area contributed by atoms with Gasteiger partial charge in [0.1, 0.15) is 0 Å². The largest absolute Gasteiger partial charge is 0.456 e. The molecule has 2 aromatic rings. The average Bonchev–Trinajstić information content (AvgIpc) is 2.65. The minimum Gasteiger partial charge on any atom is -0.456 e. The molecular weight excluding hydrogens is 425 g/mol. The molecule has 0 aromatic heterocycles. The van der Waals surface area contributed by atoms with Crippen molar-refractivity contribution in [1.82, 2.24) is 0 Å². The second-order valence-corrected chi connectivity index (χ2v) is 6.73. The van der Waals surface area contributed by atoms with Crippen molar-refractivity contribution in [3.8, 4) is 0 Å². The molecule has 2 N–H and O–H groups in total. The molecule has 0 aliphatic carbocycles. The van der Waals surface area contributed by atoms with Gasteiger partial charge in [-0.2, -0.15) is 13.2 Å². The van der Waals surface area contributed by atoms with Crippen molar-refractivity contribution in [2.75, 3.05) is 17.2 Å². The van der Waals surface area contributed by atoms with Crippen molar-refractivity contribution in [3.05, 3.63) is 58.6 Å². The Hall–Kier alpha value is -3.07. The molecule has 30 heavy (non-hydrogen) atoms. The molecule has 0 unspecified atom stereocenters. The van der Waals surface area contributed by atoms with E-state index in [1.807, 2.05) is 13.0 Å². The van der Waals surface area contributed by atoms with Crippen LogP contribution >= 0.6 is 11.6 Å². The van der Waals surface area contributed by atoms with Crippen molar-refractivity contribution in [2.24, 2.45) is 0 Å². The van der Waals surface area contributed by atoms with Gasteiger partial charge in [0.2, 0.25) is 5.91 Å². The van der Waals surface area contributed by atoms with Crippen molar-refractivity contribution in [1.29, 1.82) is 0 Å². The Balaban J connectivity index is 1.78. The molecule has 160 valence electrons. The van der Waals surface area contributed by atoms with E-state index >= 15 is 0 Å². The van der Waals surface area contributed by atoms with Crippen LogP contribution in [0.5, 0.6) is 0 Å². The summed E-state index contributed by atoms with van der Waals surface area (Å²) in [6.45, 7) is 1.32. The number of benzene rings is 2. The van der Waals surface area contributed by atoms with E-state index in [2.05, 4.69) is 10.6 Å². The maximum atomic E-state index is 12.7. The van der Waals surface area contributed by atoms with Crippen LogP contribution < -0.4 is 10.6 Å². The zero-order valence-electron chi connectivity index (χ0n) is 15.8. The molecule has 2 amide bonds. The number of esters is 1. The van der Waals surface area contributed by atoms with Gasteiger partial charge in [-0.15, -0.1) is 0 Å². The number of hydrogen-bond donors (Lipinski definition) is 2. The predicted molar refractivity (Wildman–Crippen MR) is 105 cm³/mol. The summed E-state index contributed by atoms with van der Waals surface area (Å²) in [6.07, 6.45) is -5.31. The fraction of sp³-hybridized carbons (Fsp3) is 0.250. The van der Waals surface area contributed by atoms with Gasteiger partial charge in [0, 0.05) is 12.1 Å². The van der Waals surface area contributed by atoms with Crippen LogP contribution in [0.2, 0.25) is 5.02 Å². The molecule has 0 spiro atoms. The highest BCUT2D eigenvalue weighted by Crippen LogP contribution is 2.33. The lowest BCUT2D eigenvalue weighted by Gasteiger charge is -2.11. The van der Waals surface area contributed by atoms with Crippen LogP contribution in [0, 0.1) is 6.92 Å². The van der Waals surface area contributed by atoms with Crippen LogP contribution in [0.3, 0.4) is 0 Å². The van der Waals surface area contributed by atoms with Gasteiger partial charge < -0.3 is 15.4 Å². The Labute approximate surface area is 175 Å². The molecule has 0 aliphatic rings. The quantitative estimate of drug-likeness (QED) is 0.615. The van der Waals surface area contributed by atoms with E-state index in [1.165, 1.54) is 0 Å². The Morgan fingerprint density at radius 1 is 1.00 bits per heavy atom. The smallest absolute Gasteiger partial charge is 0.416 e. The van der Waals surface area contributed by atoms with Crippen molar-refractivity contribution < 1.29 is 32.3 Å². The molecule has 0 heterocycles. The second kappa shape index (κ2) is 10.1. The topological polar surface area (TPSA) is 84.5 Å². The van der Waals surface area contributed by atoms with Crippen LogP contribution in [0.4, 0.5) is 24.5 Å². The predicted octanol–water partition coefficient (Wildman–Crippen LogP) is 4.57. The third-order valence-corrected chi connectivity index (χ3v) is 4.12. The Bertz CT molecular complexity index is 948. The van der Waals surface area contributed by atoms with Gasteiger partial charge in [-0.05, 0) is 42.8 Å². The van der Waals surface area contributed by atoms with Crippen LogP contribution in [-0.2, 0) is 25.3 Å². The number of ether oxygens (including phenoxy) is 1. The fourth-order valence-corrected chi connectivity index (χ4v) is 2.53. The molecular formula is C20H18ClF3N2O4. The molecule has 2 aromatic carbocycles. The van der Waals surface area contributed by atoms with Gasteiger partial charge in [-0.3, -0.25) is 14.4 Å². The summed E-state index contributed by atoms with van der Waals surface area (Å²) in [5.74, 6) is -2.08. The summed E-state index contributed by atoms with van der Waals surface area (Å²) < 4.78 is 43.0. The molecule has 6 nitrogen and oxygen atoms in total. The van der Waals surface area contributed by atoms with Crippen LogP contribution in [0.15, 0.2) is 42.5 Å². The lowest BCUT2D eigenvalue weighted by atomic mass is 10.2. The fourth-order valence-electron chi connectivity index (χ4n) is 2.36. The van der Waals surface area contributed by atoms with E-state index < -0.39 is 36.1 Å². The third kappa shape index (κ3) is 7.40. The Morgan fingerprint density at radius 2 is 1.73 bits per heavy atom. The zero-order valence-corrected chi connectivity index (χ0v) is 16.6. The highest BCUT2D eigenvalue weighted by Gasteiger charge is 2.31. The number of rotatable bonds is 7. The number of nitrogens with one attached hydrogen (secondary N) is 2. The lowest BCUT2D eigenvalue weighted by Crippen LogP contribution is -2.22. The maximum absolute atomic E-state index is 12.7. The maximum Gasteiger partial charge on any atom is 0.416 e. The number of alkyl halides is 3. The SMILES string of the molecule is Cc1cccc(NC(=O)COC(=O)CCC(=O)Nc2cc(C(F)(F)F)ccc2Cl)c1. The first kappa shape index (κ1) is 23.2. The lowest BCUT2D eigenvalue weighted by molar-refractivity contribution is -0.147. The van der Waals surface area contributed by atoms with Gasteiger partial charge >= 0.3 is 12.1 Å². The normalized spacial score (nSPS) is 11.0. The highest BCUT2D eigenvalue weighted by molar-refractivity contribution is 6.33. The van der Waals surface area contributed by atoms with Crippen molar-refractivity contribution >= 4 is 40.8 Å². The summed E-state index contributed by atoms with van der Waals surface area (Å²) in [7, 11) is 0. The second-order valence-electron chi connectivity index (χ2n) is 6.32. The first-order valence-electron chi connectivity index (χ1n) is 8.73. The molecule has 10 heteroatoms. The Morgan fingerprint density at radius 3 is 2.40 bits per heavy atom. The van der Waals surface area contributed by atoms with Crippen LogP contribution in [-0.4, -0.2) is 24.4 Å². The monoisotopic (exact) mass is 442 g/mol. The van der Waals surface area contributed by atoms with Gasteiger partial charge in [0.15, 0.2) is 6.61 Å². The molecule has 0 saturated heterocycles. The third-order valence-electron chi connectivity index (χ3n) is 3.79. The summed E-state index contributed by atoms with van der Waals surface area (Å²) >= 11 is 5.80. The number of hydrogen-bond acceptors (Lipinski definition) is 4. The minimum atomic E-state index is -4.59. The van der Waals surface area contributed by atoms with E-state index in [1.54, 1.807) is 18.2 Å². The minimum absolute atomic E-state index is 0.0771. The number of anilines is 2. The number of amides is 2. The van der Waals surface area contributed by atoms with Crippen LogP contribution in [0.25, 0.3) is 0 Å². The number of carbonyl (C=O) groups is 3. The van der Waals surface area contributed by atoms with Crippen molar-refractivity contribution in [2.45, 2.75) is 25.9 Å². The summed E-state index contributed by atoms with van der Waals surface area (Å²) in [4.78, 5) is 35.4. The molecule has 0 radical (unpaired) electrons. The van der Waals surface area contributed by atoms with E-state index in [0.29, 0.717) is 11.8 Å². The van der Waals surface area contributed by atoms with Gasteiger partial charge in [0.25, 0.3) is 5.91 Å². The zero-order chi connectivity index (χ0) is 22.3. The molecule has 0 saturated carbocycles. The summed E-state index contributed by atoms with van der Waals surface area (Å²) in [5, 5.41) is 4.70. The standard InChI is InChI=1S/C20H18ClF3N2O4/c1-12-3-2-4-14(9-12)25-18(28)11-30-19(29)8-7-17(27)26-16-10-13(20(22,23)24)5-6-15(16)21/h2-6,9-10H,7-8,11H2,1H3,(H,25,28)(H,26,27).